The first-order chi connectivity index (χ1) is 7.33. The fourth-order valence-corrected chi connectivity index (χ4v) is 0.966. The molecule has 2 rings (SSSR count). The minimum Gasteiger partial charge on any atom is -0.399 e. The number of benzene rings is 2. The van der Waals surface area contributed by atoms with Crippen molar-refractivity contribution in [3.8, 4) is 0 Å². The van der Waals surface area contributed by atoms with Crippen LogP contribution in [0.5, 0.6) is 0 Å². The summed E-state index contributed by atoms with van der Waals surface area (Å²) in [5.74, 6) is 0. The normalized spacial score (nSPS) is 8.60. The van der Waals surface area contributed by atoms with Crippen LogP contribution in [0.4, 0.5) is 11.4 Å². The summed E-state index contributed by atoms with van der Waals surface area (Å²) in [4.78, 5) is 0. The minimum absolute atomic E-state index is 0.715. The highest BCUT2D eigenvalue weighted by molar-refractivity contribution is 5.39. The van der Waals surface area contributed by atoms with E-state index in [2.05, 4.69) is 0 Å². The van der Waals surface area contributed by atoms with Crippen LogP contribution >= 0.6 is 0 Å². The van der Waals surface area contributed by atoms with Gasteiger partial charge in [-0.3, -0.25) is 10.7 Å². The molecule has 0 atom stereocenters. The number of hydrogen-bond donors (Lipinski definition) is 3. The van der Waals surface area contributed by atoms with Crippen LogP contribution in [0.15, 0.2) is 60.7 Å². The molecule has 0 saturated carbocycles. The van der Waals surface area contributed by atoms with Crippen LogP contribution in [0.2, 0.25) is 0 Å². The first kappa shape index (κ1) is 11.1. The molecule has 0 aliphatic heterocycles. The first-order valence-corrected chi connectivity index (χ1v) is 4.58. The van der Waals surface area contributed by atoms with E-state index in [-0.39, 0.29) is 0 Å². The zero-order valence-corrected chi connectivity index (χ0v) is 8.30. The SMILES string of the molecule is Nc1ccccc1.ONc1ccccc1. The standard InChI is InChI=1S/C6H7NO.C6H7N/c8-7-6-4-2-1-3-5-6;7-6-4-2-1-3-5-6/h1-5,7-8H;1-5H,7H2. The minimum atomic E-state index is 0.715. The molecule has 0 saturated heterocycles. The van der Waals surface area contributed by atoms with Gasteiger partial charge >= 0.3 is 0 Å². The van der Waals surface area contributed by atoms with Crippen LogP contribution in [-0.4, -0.2) is 5.21 Å². The van der Waals surface area contributed by atoms with Gasteiger partial charge in [0.15, 0.2) is 0 Å². The van der Waals surface area contributed by atoms with Crippen LogP contribution in [0, 0.1) is 0 Å². The Labute approximate surface area is 89.1 Å². The number of para-hydroxylation sites is 2. The third-order valence-corrected chi connectivity index (χ3v) is 1.70. The van der Waals surface area contributed by atoms with Crippen molar-refractivity contribution in [2.24, 2.45) is 0 Å². The summed E-state index contributed by atoms with van der Waals surface area (Å²) in [7, 11) is 0. The highest BCUT2D eigenvalue weighted by Crippen LogP contribution is 2.01. The van der Waals surface area contributed by atoms with Gasteiger partial charge < -0.3 is 5.73 Å². The van der Waals surface area contributed by atoms with Crippen molar-refractivity contribution in [3.63, 3.8) is 0 Å². The van der Waals surface area contributed by atoms with Gasteiger partial charge in [0.05, 0.1) is 5.69 Å². The zero-order chi connectivity index (χ0) is 10.9. The van der Waals surface area contributed by atoms with E-state index in [4.69, 9.17) is 10.9 Å². The van der Waals surface area contributed by atoms with E-state index >= 15 is 0 Å². The molecule has 3 heteroatoms. The third kappa shape index (κ3) is 4.69. The Hall–Kier alpha value is -2.00. The molecule has 4 N–H and O–H groups in total. The molecule has 0 bridgehead atoms. The van der Waals surface area contributed by atoms with Gasteiger partial charge in [-0.15, -0.1) is 0 Å². The van der Waals surface area contributed by atoms with Gasteiger partial charge in [0.25, 0.3) is 0 Å². The van der Waals surface area contributed by atoms with Crippen LogP contribution in [0.1, 0.15) is 0 Å². The summed E-state index contributed by atoms with van der Waals surface area (Å²) in [5, 5.41) is 8.29. The van der Waals surface area contributed by atoms with E-state index in [1.165, 1.54) is 0 Å². The van der Waals surface area contributed by atoms with Crippen LogP contribution in [0.25, 0.3) is 0 Å². The Bertz CT molecular complexity index is 362. The number of hydrogen-bond acceptors (Lipinski definition) is 3. The Balaban J connectivity index is 0.000000151. The molecule has 15 heavy (non-hydrogen) atoms. The lowest BCUT2D eigenvalue weighted by atomic mass is 10.3. The maximum atomic E-state index is 8.29. The van der Waals surface area contributed by atoms with E-state index < -0.39 is 0 Å². The van der Waals surface area contributed by atoms with Crippen molar-refractivity contribution < 1.29 is 5.21 Å². The molecule has 0 aliphatic rings. The number of rotatable bonds is 1. The van der Waals surface area contributed by atoms with Crippen molar-refractivity contribution >= 4 is 11.4 Å². The molecule has 0 spiro atoms. The molecule has 2 aromatic rings. The van der Waals surface area contributed by atoms with E-state index in [0.717, 1.165) is 5.69 Å². The van der Waals surface area contributed by atoms with Crippen molar-refractivity contribution in [2.75, 3.05) is 11.2 Å². The molecular weight excluding hydrogens is 188 g/mol. The number of anilines is 2. The highest BCUT2D eigenvalue weighted by Gasteiger charge is 1.79. The molecule has 3 nitrogen and oxygen atoms in total. The molecule has 0 unspecified atom stereocenters. The van der Waals surface area contributed by atoms with Crippen molar-refractivity contribution in [1.82, 2.24) is 0 Å². The fraction of sp³-hybridized carbons (Fsp3) is 0. The van der Waals surface area contributed by atoms with Crippen molar-refractivity contribution in [1.29, 1.82) is 0 Å². The van der Waals surface area contributed by atoms with E-state index in [1.54, 1.807) is 12.1 Å². The van der Waals surface area contributed by atoms with E-state index in [1.807, 2.05) is 54.0 Å². The van der Waals surface area contributed by atoms with Crippen LogP contribution in [0.3, 0.4) is 0 Å². The summed E-state index contributed by atoms with van der Waals surface area (Å²) >= 11 is 0. The smallest absolute Gasteiger partial charge is 0.0602 e. The second-order valence-electron chi connectivity index (χ2n) is 2.89. The maximum absolute atomic E-state index is 8.29. The van der Waals surface area contributed by atoms with E-state index in [0.29, 0.717) is 5.69 Å². The summed E-state index contributed by atoms with van der Waals surface area (Å²) in [6.07, 6.45) is 0. The fourth-order valence-electron chi connectivity index (χ4n) is 0.966. The lowest BCUT2D eigenvalue weighted by molar-refractivity contribution is 0.389. The molecule has 2 aromatic carbocycles. The number of nitrogens with one attached hydrogen (secondary N) is 1. The Morgan fingerprint density at radius 3 is 1.53 bits per heavy atom. The largest absolute Gasteiger partial charge is 0.399 e. The van der Waals surface area contributed by atoms with Gasteiger partial charge in [-0.05, 0) is 24.3 Å². The van der Waals surface area contributed by atoms with E-state index in [9.17, 15) is 0 Å². The topological polar surface area (TPSA) is 58.3 Å². The molecule has 0 aromatic heterocycles. The van der Waals surface area contributed by atoms with Gasteiger partial charge in [-0.1, -0.05) is 36.4 Å². The molecule has 0 fully saturated rings. The lowest BCUT2D eigenvalue weighted by Crippen LogP contribution is -1.85. The van der Waals surface area contributed by atoms with Crippen LogP contribution in [-0.2, 0) is 0 Å². The first-order valence-electron chi connectivity index (χ1n) is 4.58. The van der Waals surface area contributed by atoms with Gasteiger partial charge in [-0.25, -0.2) is 0 Å². The Morgan fingerprint density at radius 2 is 1.27 bits per heavy atom. The van der Waals surface area contributed by atoms with Gasteiger partial charge in [0, 0.05) is 5.69 Å². The average molecular weight is 202 g/mol. The predicted molar refractivity (Wildman–Crippen MR) is 62.7 cm³/mol. The molecule has 78 valence electrons. The monoisotopic (exact) mass is 202 g/mol. The maximum Gasteiger partial charge on any atom is 0.0602 e. The summed E-state index contributed by atoms with van der Waals surface area (Å²) < 4.78 is 0. The molecule has 0 amide bonds. The summed E-state index contributed by atoms with van der Waals surface area (Å²) in [6, 6.07) is 18.6. The molecule has 0 radical (unpaired) electrons. The second-order valence-corrected chi connectivity index (χ2v) is 2.89. The van der Waals surface area contributed by atoms with Gasteiger partial charge in [-0.2, -0.15) is 0 Å². The summed E-state index contributed by atoms with van der Waals surface area (Å²) in [6.45, 7) is 0. The molecule has 0 heterocycles. The second kappa shape index (κ2) is 6.45. The molecule has 0 aliphatic carbocycles. The lowest BCUT2D eigenvalue weighted by Gasteiger charge is -1.92. The van der Waals surface area contributed by atoms with Gasteiger partial charge in [0.2, 0.25) is 0 Å². The quantitative estimate of drug-likeness (QED) is 0.492. The number of nitrogens with two attached hydrogens (primary N) is 1. The summed E-state index contributed by atoms with van der Waals surface area (Å²) in [5.41, 5.74) is 8.92. The highest BCUT2D eigenvalue weighted by atomic mass is 16.5. The molecular formula is C12H14N2O. The van der Waals surface area contributed by atoms with Crippen LogP contribution < -0.4 is 11.2 Å². The third-order valence-electron chi connectivity index (χ3n) is 1.70. The Morgan fingerprint density at radius 1 is 0.800 bits per heavy atom. The van der Waals surface area contributed by atoms with Crippen molar-refractivity contribution in [3.05, 3.63) is 60.7 Å². The van der Waals surface area contributed by atoms with Crippen molar-refractivity contribution in [2.45, 2.75) is 0 Å². The average Bonchev–Trinajstić information content (AvgIpc) is 2.32. The predicted octanol–water partition coefficient (Wildman–Crippen LogP) is 2.76. The zero-order valence-electron chi connectivity index (χ0n) is 8.30. The van der Waals surface area contributed by atoms with Gasteiger partial charge in [0.1, 0.15) is 0 Å². The Kier molecular flexibility index (Phi) is 4.77. The number of nitrogen functional groups attached to an aromatic ring is 1.